The molecule has 0 spiro atoms. The van der Waals surface area contributed by atoms with E-state index in [1.165, 1.54) is 0 Å². The Kier molecular flexibility index (Phi) is 6.29. The second-order valence-corrected chi connectivity index (χ2v) is 7.34. The lowest BCUT2D eigenvalue weighted by molar-refractivity contribution is 0.0966. The predicted octanol–water partition coefficient (Wildman–Crippen LogP) is 2.40. The third-order valence-corrected chi connectivity index (χ3v) is 5.20. The number of piperidine rings is 1. The summed E-state index contributed by atoms with van der Waals surface area (Å²) in [6.07, 6.45) is 1.96. The van der Waals surface area contributed by atoms with Crippen molar-refractivity contribution in [3.63, 3.8) is 0 Å². The van der Waals surface area contributed by atoms with Crippen molar-refractivity contribution >= 4 is 23.2 Å². The van der Waals surface area contributed by atoms with Gasteiger partial charge in [0, 0.05) is 37.5 Å². The summed E-state index contributed by atoms with van der Waals surface area (Å²) in [6, 6.07) is 7.37. The zero-order valence-electron chi connectivity index (χ0n) is 16.9. The van der Waals surface area contributed by atoms with Crippen molar-refractivity contribution in [2.45, 2.75) is 25.4 Å². The van der Waals surface area contributed by atoms with Gasteiger partial charge in [0.25, 0.3) is 5.91 Å². The standard InChI is InChI=1S/C21H26FN5O3/c1-29-9-10-30-15-6-4-13(5-7-15)25-19-17-16(12-24-21(17)28)18(22)20(27-19)26-14-3-2-8-23-11-14/h4-7,14,23H,2-3,8-12H2,1H3,(H,24,28)(H2,25,26,27). The van der Waals surface area contributed by atoms with Crippen LogP contribution in [0.3, 0.4) is 0 Å². The van der Waals surface area contributed by atoms with Gasteiger partial charge in [0.2, 0.25) is 0 Å². The van der Waals surface area contributed by atoms with Crippen molar-refractivity contribution in [3.05, 3.63) is 41.2 Å². The molecule has 160 valence electrons. The van der Waals surface area contributed by atoms with Gasteiger partial charge in [0.1, 0.15) is 18.2 Å². The zero-order chi connectivity index (χ0) is 20.9. The SMILES string of the molecule is COCCOc1ccc(Nc2nc(NC3CCCNC3)c(F)c3c2C(=O)NC3)cc1. The van der Waals surface area contributed by atoms with Crippen LogP contribution in [0.2, 0.25) is 0 Å². The highest BCUT2D eigenvalue weighted by Crippen LogP contribution is 2.32. The van der Waals surface area contributed by atoms with Crippen LogP contribution in [-0.4, -0.2) is 50.3 Å². The molecule has 2 aliphatic rings. The molecule has 1 amide bonds. The molecule has 2 aliphatic heterocycles. The number of carbonyl (C=O) groups is 1. The number of ether oxygens (including phenoxy) is 2. The Morgan fingerprint density at radius 1 is 1.23 bits per heavy atom. The molecule has 30 heavy (non-hydrogen) atoms. The molecule has 3 heterocycles. The number of anilines is 3. The summed E-state index contributed by atoms with van der Waals surface area (Å²) < 4.78 is 25.6. The highest BCUT2D eigenvalue weighted by molar-refractivity contribution is 6.03. The van der Waals surface area contributed by atoms with E-state index in [2.05, 4.69) is 26.3 Å². The molecule has 1 aromatic carbocycles. The van der Waals surface area contributed by atoms with Gasteiger partial charge in [-0.25, -0.2) is 9.37 Å². The number of rotatable bonds is 8. The van der Waals surface area contributed by atoms with Crippen LogP contribution in [0.25, 0.3) is 0 Å². The van der Waals surface area contributed by atoms with Gasteiger partial charge in [-0.15, -0.1) is 0 Å². The molecule has 8 nitrogen and oxygen atoms in total. The number of pyridine rings is 1. The molecule has 1 fully saturated rings. The average molecular weight is 415 g/mol. The minimum Gasteiger partial charge on any atom is -0.491 e. The van der Waals surface area contributed by atoms with Crippen LogP contribution < -0.4 is 26.0 Å². The van der Waals surface area contributed by atoms with Gasteiger partial charge in [-0.3, -0.25) is 4.79 Å². The lowest BCUT2D eigenvalue weighted by Gasteiger charge is -2.25. The molecule has 9 heteroatoms. The van der Waals surface area contributed by atoms with Gasteiger partial charge >= 0.3 is 0 Å². The molecule has 1 atom stereocenters. The number of nitrogens with zero attached hydrogens (tertiary/aromatic N) is 1. The van der Waals surface area contributed by atoms with Crippen molar-refractivity contribution in [1.29, 1.82) is 0 Å². The molecule has 0 saturated carbocycles. The summed E-state index contributed by atoms with van der Waals surface area (Å²) in [7, 11) is 1.62. The third kappa shape index (κ3) is 4.47. The van der Waals surface area contributed by atoms with Crippen molar-refractivity contribution in [3.8, 4) is 5.75 Å². The van der Waals surface area contributed by atoms with E-state index in [4.69, 9.17) is 9.47 Å². The van der Waals surface area contributed by atoms with Crippen LogP contribution in [0.15, 0.2) is 24.3 Å². The smallest absolute Gasteiger partial charge is 0.255 e. The van der Waals surface area contributed by atoms with E-state index in [0.29, 0.717) is 30.3 Å². The first-order chi connectivity index (χ1) is 14.7. The molecule has 1 saturated heterocycles. The fraction of sp³-hybridized carbons (Fsp3) is 0.429. The van der Waals surface area contributed by atoms with Crippen molar-refractivity contribution in [2.24, 2.45) is 0 Å². The first-order valence-corrected chi connectivity index (χ1v) is 10.1. The predicted molar refractivity (Wildman–Crippen MR) is 112 cm³/mol. The van der Waals surface area contributed by atoms with Gasteiger partial charge in [-0.2, -0.15) is 0 Å². The van der Waals surface area contributed by atoms with Crippen LogP contribution >= 0.6 is 0 Å². The molecular weight excluding hydrogens is 389 g/mol. The maximum Gasteiger partial charge on any atom is 0.255 e. The quantitative estimate of drug-likeness (QED) is 0.492. The molecule has 0 radical (unpaired) electrons. The summed E-state index contributed by atoms with van der Waals surface area (Å²) >= 11 is 0. The topological polar surface area (TPSA) is 96.5 Å². The van der Waals surface area contributed by atoms with Gasteiger partial charge in [-0.1, -0.05) is 0 Å². The minimum absolute atomic E-state index is 0.0975. The second kappa shape index (κ2) is 9.27. The first-order valence-electron chi connectivity index (χ1n) is 10.1. The summed E-state index contributed by atoms with van der Waals surface area (Å²) in [5.74, 6) is 0.409. The van der Waals surface area contributed by atoms with E-state index in [0.717, 1.165) is 31.6 Å². The van der Waals surface area contributed by atoms with Gasteiger partial charge < -0.3 is 30.7 Å². The Hall–Kier alpha value is -2.91. The van der Waals surface area contributed by atoms with E-state index in [-0.39, 0.29) is 29.9 Å². The number of methoxy groups -OCH3 is 1. The summed E-state index contributed by atoms with van der Waals surface area (Å²) in [5.41, 5.74) is 1.31. The fourth-order valence-electron chi connectivity index (χ4n) is 3.65. The number of fused-ring (bicyclic) bond motifs is 1. The average Bonchev–Trinajstić information content (AvgIpc) is 3.16. The molecular formula is C21H26FN5O3. The Bertz CT molecular complexity index is 901. The lowest BCUT2D eigenvalue weighted by atomic mass is 10.1. The molecule has 0 aliphatic carbocycles. The van der Waals surface area contributed by atoms with Crippen LogP contribution in [0.4, 0.5) is 21.7 Å². The van der Waals surface area contributed by atoms with Crippen LogP contribution in [0, 0.1) is 5.82 Å². The Labute approximate surface area is 174 Å². The lowest BCUT2D eigenvalue weighted by Crippen LogP contribution is -2.39. The summed E-state index contributed by atoms with van der Waals surface area (Å²) in [6.45, 7) is 2.84. The molecule has 1 aromatic heterocycles. The molecule has 4 rings (SSSR count). The molecule has 1 unspecified atom stereocenters. The van der Waals surface area contributed by atoms with Crippen molar-refractivity contribution in [2.75, 3.05) is 44.0 Å². The van der Waals surface area contributed by atoms with Crippen LogP contribution in [0.1, 0.15) is 28.8 Å². The first kappa shape index (κ1) is 20.4. The molecule has 2 aromatic rings. The third-order valence-electron chi connectivity index (χ3n) is 5.20. The zero-order valence-corrected chi connectivity index (χ0v) is 16.9. The molecule has 0 bridgehead atoms. The highest BCUT2D eigenvalue weighted by atomic mass is 19.1. The van der Waals surface area contributed by atoms with Crippen molar-refractivity contribution < 1.29 is 18.7 Å². The van der Waals surface area contributed by atoms with E-state index >= 15 is 4.39 Å². The van der Waals surface area contributed by atoms with Crippen molar-refractivity contribution in [1.82, 2.24) is 15.6 Å². The number of hydrogen-bond donors (Lipinski definition) is 4. The normalized spacial score (nSPS) is 17.9. The van der Waals surface area contributed by atoms with Gasteiger partial charge in [0.05, 0.1) is 12.2 Å². The number of benzene rings is 1. The van der Waals surface area contributed by atoms with Gasteiger partial charge in [0.15, 0.2) is 11.6 Å². The summed E-state index contributed by atoms with van der Waals surface area (Å²) in [4.78, 5) is 16.7. The van der Waals surface area contributed by atoms with Crippen LogP contribution in [-0.2, 0) is 11.3 Å². The molecule has 4 N–H and O–H groups in total. The minimum atomic E-state index is -0.471. The Morgan fingerprint density at radius 2 is 2.07 bits per heavy atom. The van der Waals surface area contributed by atoms with E-state index in [1.54, 1.807) is 7.11 Å². The largest absolute Gasteiger partial charge is 0.491 e. The number of aromatic nitrogens is 1. The fourth-order valence-corrected chi connectivity index (χ4v) is 3.65. The highest BCUT2D eigenvalue weighted by Gasteiger charge is 2.30. The number of carbonyl (C=O) groups excluding carboxylic acids is 1. The monoisotopic (exact) mass is 415 g/mol. The van der Waals surface area contributed by atoms with Gasteiger partial charge in [-0.05, 0) is 43.7 Å². The number of halogens is 1. The number of hydrogen-bond acceptors (Lipinski definition) is 7. The maximum atomic E-state index is 15.0. The Morgan fingerprint density at radius 3 is 2.80 bits per heavy atom. The number of amides is 1. The summed E-state index contributed by atoms with van der Waals surface area (Å²) in [5, 5.41) is 12.3. The van der Waals surface area contributed by atoms with E-state index in [9.17, 15) is 4.79 Å². The van der Waals surface area contributed by atoms with E-state index in [1.807, 2.05) is 24.3 Å². The van der Waals surface area contributed by atoms with Crippen LogP contribution in [0.5, 0.6) is 5.75 Å². The number of nitrogens with one attached hydrogen (secondary N) is 4. The maximum absolute atomic E-state index is 15.0. The Balaban J connectivity index is 1.56. The van der Waals surface area contributed by atoms with E-state index < -0.39 is 5.82 Å². The second-order valence-electron chi connectivity index (χ2n) is 7.34.